The standard InChI is InChI=1S/C28H31N3O5/c1-18-5-8-23(9-6-18)30-20(3)15-24(21(30)4)27(32)17-36-28(33)22-7-10-25(26(16-22)31(34)35)29-13-11-19(2)12-14-29/h5-10,15-16,19H,11-14,17H2,1-4H3. The van der Waals surface area contributed by atoms with Crippen molar-refractivity contribution in [3.05, 3.63) is 86.7 Å². The number of aromatic nitrogens is 1. The number of carbonyl (C=O) groups excluding carboxylic acids is 2. The maximum absolute atomic E-state index is 12.9. The zero-order valence-corrected chi connectivity index (χ0v) is 21.1. The zero-order valence-electron chi connectivity index (χ0n) is 21.1. The number of ketones is 1. The van der Waals surface area contributed by atoms with Crippen LogP contribution in [0.15, 0.2) is 48.5 Å². The van der Waals surface area contributed by atoms with Crippen LogP contribution in [0.25, 0.3) is 5.69 Å². The van der Waals surface area contributed by atoms with Crippen molar-refractivity contribution >= 4 is 23.1 Å². The molecule has 0 spiro atoms. The van der Waals surface area contributed by atoms with Gasteiger partial charge in [0.1, 0.15) is 5.69 Å². The first kappa shape index (κ1) is 25.2. The topological polar surface area (TPSA) is 94.7 Å². The Balaban J connectivity index is 1.47. The second kappa shape index (κ2) is 10.4. The maximum Gasteiger partial charge on any atom is 0.338 e. The highest BCUT2D eigenvalue weighted by Crippen LogP contribution is 2.32. The van der Waals surface area contributed by atoms with E-state index in [4.69, 9.17) is 4.74 Å². The molecule has 0 radical (unpaired) electrons. The Morgan fingerprint density at radius 3 is 2.33 bits per heavy atom. The molecule has 0 bridgehead atoms. The van der Waals surface area contributed by atoms with Gasteiger partial charge in [-0.1, -0.05) is 24.6 Å². The van der Waals surface area contributed by atoms with Crippen LogP contribution in [0, 0.1) is 36.8 Å². The highest BCUT2D eigenvalue weighted by atomic mass is 16.6. The molecule has 8 heteroatoms. The quantitative estimate of drug-likeness (QED) is 0.186. The number of hydrogen-bond acceptors (Lipinski definition) is 6. The van der Waals surface area contributed by atoms with Gasteiger partial charge in [0.15, 0.2) is 6.61 Å². The summed E-state index contributed by atoms with van der Waals surface area (Å²) < 4.78 is 7.25. The molecule has 1 saturated heterocycles. The number of ether oxygens (including phenoxy) is 1. The van der Waals surface area contributed by atoms with Crippen molar-refractivity contribution in [2.75, 3.05) is 24.6 Å². The summed E-state index contributed by atoms with van der Waals surface area (Å²) in [6.45, 7) is 8.98. The molecule has 0 unspecified atom stereocenters. The summed E-state index contributed by atoms with van der Waals surface area (Å²) >= 11 is 0. The summed E-state index contributed by atoms with van der Waals surface area (Å²) in [7, 11) is 0. The number of nitro benzene ring substituents is 1. The van der Waals surface area contributed by atoms with Gasteiger partial charge in [-0.15, -0.1) is 0 Å². The van der Waals surface area contributed by atoms with Crippen LogP contribution < -0.4 is 4.90 Å². The fourth-order valence-electron chi connectivity index (χ4n) is 4.74. The summed E-state index contributed by atoms with van der Waals surface area (Å²) in [4.78, 5) is 38.8. The van der Waals surface area contributed by atoms with E-state index < -0.39 is 17.5 Å². The molecular formula is C28H31N3O5. The van der Waals surface area contributed by atoms with Crippen molar-refractivity contribution in [3.8, 4) is 5.69 Å². The molecule has 1 aromatic heterocycles. The molecule has 1 aliphatic heterocycles. The van der Waals surface area contributed by atoms with Gasteiger partial charge in [0, 0.05) is 41.8 Å². The van der Waals surface area contributed by atoms with E-state index in [0.717, 1.165) is 48.6 Å². The number of piperidine rings is 1. The summed E-state index contributed by atoms with van der Waals surface area (Å²) in [5.74, 6) is -0.505. The van der Waals surface area contributed by atoms with E-state index in [1.807, 2.05) is 54.5 Å². The number of rotatable bonds is 7. The number of anilines is 1. The van der Waals surface area contributed by atoms with Crippen LogP contribution >= 0.6 is 0 Å². The fraction of sp³-hybridized carbons (Fsp3) is 0.357. The Morgan fingerprint density at radius 2 is 1.69 bits per heavy atom. The maximum atomic E-state index is 12.9. The van der Waals surface area contributed by atoms with Crippen LogP contribution in [0.2, 0.25) is 0 Å². The second-order valence-electron chi connectivity index (χ2n) is 9.59. The molecular weight excluding hydrogens is 458 g/mol. The molecule has 0 saturated carbocycles. The first-order chi connectivity index (χ1) is 17.2. The van der Waals surface area contributed by atoms with E-state index in [2.05, 4.69) is 6.92 Å². The van der Waals surface area contributed by atoms with Crippen molar-refractivity contribution in [2.45, 2.75) is 40.5 Å². The van der Waals surface area contributed by atoms with Gasteiger partial charge < -0.3 is 14.2 Å². The minimum Gasteiger partial charge on any atom is -0.454 e. The molecule has 1 fully saturated rings. The van der Waals surface area contributed by atoms with Gasteiger partial charge in [-0.25, -0.2) is 4.79 Å². The van der Waals surface area contributed by atoms with Gasteiger partial charge in [-0.3, -0.25) is 14.9 Å². The van der Waals surface area contributed by atoms with Gasteiger partial charge in [0.05, 0.1) is 10.5 Å². The molecule has 0 amide bonds. The number of nitrogens with zero attached hydrogens (tertiary/aromatic N) is 3. The predicted molar refractivity (Wildman–Crippen MR) is 138 cm³/mol. The number of benzene rings is 2. The van der Waals surface area contributed by atoms with Crippen molar-refractivity contribution in [1.29, 1.82) is 0 Å². The molecule has 0 N–H and O–H groups in total. The lowest BCUT2D eigenvalue weighted by Gasteiger charge is -2.31. The van der Waals surface area contributed by atoms with Crippen LogP contribution in [0.1, 0.15) is 57.4 Å². The van der Waals surface area contributed by atoms with Crippen LogP contribution in [0.5, 0.6) is 0 Å². The average molecular weight is 490 g/mol. The van der Waals surface area contributed by atoms with Gasteiger partial charge >= 0.3 is 5.97 Å². The average Bonchev–Trinajstić information content (AvgIpc) is 3.16. The smallest absolute Gasteiger partial charge is 0.338 e. The molecule has 4 rings (SSSR count). The number of Topliss-reactive ketones (excluding diaryl/α,β-unsaturated/α-hetero) is 1. The first-order valence-electron chi connectivity index (χ1n) is 12.2. The fourth-order valence-corrected chi connectivity index (χ4v) is 4.74. The normalized spacial score (nSPS) is 14.1. The van der Waals surface area contributed by atoms with Crippen LogP contribution in [0.3, 0.4) is 0 Å². The van der Waals surface area contributed by atoms with Crippen LogP contribution in [0.4, 0.5) is 11.4 Å². The molecule has 36 heavy (non-hydrogen) atoms. The lowest BCUT2D eigenvalue weighted by molar-refractivity contribution is -0.384. The van der Waals surface area contributed by atoms with Crippen molar-refractivity contribution in [3.63, 3.8) is 0 Å². The van der Waals surface area contributed by atoms with Gasteiger partial charge in [0.2, 0.25) is 5.78 Å². The molecule has 188 valence electrons. The Kier molecular flexibility index (Phi) is 7.24. The summed E-state index contributed by atoms with van der Waals surface area (Å²) in [6, 6.07) is 14.1. The predicted octanol–water partition coefficient (Wildman–Crippen LogP) is 5.59. The molecule has 0 atom stereocenters. The summed E-state index contributed by atoms with van der Waals surface area (Å²) in [5, 5.41) is 11.7. The van der Waals surface area contributed by atoms with Crippen molar-refractivity contribution in [2.24, 2.45) is 5.92 Å². The van der Waals surface area contributed by atoms with Crippen molar-refractivity contribution < 1.29 is 19.2 Å². The summed E-state index contributed by atoms with van der Waals surface area (Å²) in [6.07, 6.45) is 1.93. The molecule has 2 heterocycles. The van der Waals surface area contributed by atoms with E-state index in [1.54, 1.807) is 12.1 Å². The van der Waals surface area contributed by atoms with E-state index in [1.165, 1.54) is 12.1 Å². The largest absolute Gasteiger partial charge is 0.454 e. The summed E-state index contributed by atoms with van der Waals surface area (Å²) in [5.41, 5.74) is 4.63. The van der Waals surface area contributed by atoms with Gasteiger partial charge in [-0.05, 0) is 69.9 Å². The zero-order chi connectivity index (χ0) is 26.0. The number of nitro groups is 1. The Bertz CT molecular complexity index is 1300. The lowest BCUT2D eigenvalue weighted by atomic mass is 9.98. The van der Waals surface area contributed by atoms with Gasteiger partial charge in [-0.2, -0.15) is 0 Å². The number of esters is 1. The Morgan fingerprint density at radius 1 is 1.03 bits per heavy atom. The van der Waals surface area contributed by atoms with Crippen molar-refractivity contribution in [1.82, 2.24) is 4.57 Å². The minimum atomic E-state index is -0.766. The third-order valence-electron chi connectivity index (χ3n) is 6.89. The molecule has 8 nitrogen and oxygen atoms in total. The first-order valence-corrected chi connectivity index (χ1v) is 12.2. The monoisotopic (exact) mass is 489 g/mol. The SMILES string of the molecule is Cc1ccc(-n2c(C)cc(C(=O)COC(=O)c3ccc(N4CCC(C)CC4)c([N+](=O)[O-])c3)c2C)cc1. The molecule has 3 aromatic rings. The molecule has 0 aliphatic carbocycles. The third-order valence-corrected chi connectivity index (χ3v) is 6.89. The van der Waals surface area contributed by atoms with Crippen LogP contribution in [-0.4, -0.2) is 40.9 Å². The molecule has 1 aliphatic rings. The van der Waals surface area contributed by atoms with Gasteiger partial charge in [0.25, 0.3) is 5.69 Å². The Labute approximate surface area is 210 Å². The van der Waals surface area contributed by atoms with E-state index in [9.17, 15) is 19.7 Å². The number of carbonyl (C=O) groups is 2. The highest BCUT2D eigenvalue weighted by molar-refractivity contribution is 6.00. The Hall–Kier alpha value is -3.94. The highest BCUT2D eigenvalue weighted by Gasteiger charge is 2.26. The second-order valence-corrected chi connectivity index (χ2v) is 9.59. The number of hydrogen-bond donors (Lipinski definition) is 0. The van der Waals surface area contributed by atoms with E-state index in [-0.39, 0.29) is 17.0 Å². The van der Waals surface area contributed by atoms with E-state index in [0.29, 0.717) is 17.2 Å². The number of aryl methyl sites for hydroxylation is 2. The molecule has 2 aromatic carbocycles. The minimum absolute atomic E-state index is 0.0498. The third kappa shape index (κ3) is 5.17. The lowest BCUT2D eigenvalue weighted by Crippen LogP contribution is -2.33. The van der Waals surface area contributed by atoms with E-state index >= 15 is 0 Å². The van der Waals surface area contributed by atoms with Crippen LogP contribution in [-0.2, 0) is 4.74 Å².